The van der Waals surface area contributed by atoms with Crippen LogP contribution in [0.5, 0.6) is 0 Å². The first kappa shape index (κ1) is 9.92. The van der Waals surface area contributed by atoms with E-state index in [1.165, 1.54) is 5.69 Å². The third-order valence-electron chi connectivity index (χ3n) is 2.40. The normalized spacial score (nSPS) is 17.2. The van der Waals surface area contributed by atoms with Crippen molar-refractivity contribution in [1.82, 2.24) is 0 Å². The molecule has 80 valence electrons. The third-order valence-corrected chi connectivity index (χ3v) is 2.40. The van der Waals surface area contributed by atoms with Crippen LogP contribution in [0.2, 0.25) is 0 Å². The molecule has 0 bridgehead atoms. The number of anilines is 1. The molecule has 0 aromatic heterocycles. The average molecular weight is 206 g/mol. The van der Waals surface area contributed by atoms with Crippen LogP contribution in [-0.2, 0) is 4.74 Å². The molecular formula is C10H14N4O. The Bertz CT molecular complexity index is 330. The van der Waals surface area contributed by atoms with Crippen molar-refractivity contribution >= 4 is 11.4 Å². The van der Waals surface area contributed by atoms with Crippen LogP contribution < -0.4 is 10.7 Å². The van der Waals surface area contributed by atoms with Crippen molar-refractivity contribution in [3.63, 3.8) is 0 Å². The van der Waals surface area contributed by atoms with Gasteiger partial charge in [-0.25, -0.2) is 0 Å². The van der Waals surface area contributed by atoms with Crippen molar-refractivity contribution in [3.8, 4) is 0 Å². The van der Waals surface area contributed by atoms with E-state index in [-0.39, 0.29) is 0 Å². The Morgan fingerprint density at radius 3 is 2.40 bits per heavy atom. The van der Waals surface area contributed by atoms with Crippen LogP contribution >= 0.6 is 0 Å². The summed E-state index contributed by atoms with van der Waals surface area (Å²) in [6.45, 7) is 3.48. The summed E-state index contributed by atoms with van der Waals surface area (Å²) in [5, 5.41) is 6.99. The maximum absolute atomic E-state index is 5.29. The maximum atomic E-state index is 5.29. The van der Waals surface area contributed by atoms with Crippen LogP contribution in [0.3, 0.4) is 0 Å². The molecule has 1 heterocycles. The molecule has 1 aromatic carbocycles. The number of hydrogen-bond acceptors (Lipinski definition) is 4. The first-order valence-corrected chi connectivity index (χ1v) is 4.94. The fourth-order valence-corrected chi connectivity index (χ4v) is 1.62. The summed E-state index contributed by atoms with van der Waals surface area (Å²) in [6.07, 6.45) is 0. The van der Waals surface area contributed by atoms with Crippen molar-refractivity contribution in [1.29, 1.82) is 0 Å². The molecule has 1 aliphatic rings. The molecule has 1 aromatic rings. The van der Waals surface area contributed by atoms with E-state index in [0.717, 1.165) is 32.0 Å². The molecule has 0 amide bonds. The van der Waals surface area contributed by atoms with Crippen LogP contribution in [0.15, 0.2) is 34.6 Å². The molecule has 0 aliphatic carbocycles. The molecule has 0 radical (unpaired) electrons. The van der Waals surface area contributed by atoms with Crippen LogP contribution in [0.4, 0.5) is 11.4 Å². The molecule has 0 saturated carbocycles. The van der Waals surface area contributed by atoms with Gasteiger partial charge in [0.2, 0.25) is 0 Å². The smallest absolute Gasteiger partial charge is 0.0875 e. The van der Waals surface area contributed by atoms with Crippen LogP contribution in [-0.4, -0.2) is 26.3 Å². The highest BCUT2D eigenvalue weighted by molar-refractivity contribution is 5.52. The van der Waals surface area contributed by atoms with E-state index in [1.807, 2.05) is 24.3 Å². The fraction of sp³-hybridized carbons (Fsp3) is 0.400. The highest BCUT2D eigenvalue weighted by Crippen LogP contribution is 2.20. The van der Waals surface area contributed by atoms with Crippen molar-refractivity contribution in [3.05, 3.63) is 24.3 Å². The van der Waals surface area contributed by atoms with Crippen LogP contribution in [0.1, 0.15) is 0 Å². The molecule has 5 nitrogen and oxygen atoms in total. The minimum atomic E-state index is 0.773. The number of morpholine rings is 1. The first-order valence-electron chi connectivity index (χ1n) is 4.94. The van der Waals surface area contributed by atoms with Gasteiger partial charge in [0.25, 0.3) is 0 Å². The Morgan fingerprint density at radius 2 is 1.80 bits per heavy atom. The summed E-state index contributed by atoms with van der Waals surface area (Å²) in [5.74, 6) is 4.97. The topological polar surface area (TPSA) is 63.2 Å². The van der Waals surface area contributed by atoms with Gasteiger partial charge in [-0.05, 0) is 24.3 Å². The van der Waals surface area contributed by atoms with Crippen LogP contribution in [0, 0.1) is 0 Å². The zero-order chi connectivity index (χ0) is 10.5. The van der Waals surface area contributed by atoms with Gasteiger partial charge in [-0.3, -0.25) is 0 Å². The SMILES string of the molecule is NN=Nc1ccc(N2CCOCC2)cc1. The molecule has 0 spiro atoms. The Morgan fingerprint density at radius 1 is 1.13 bits per heavy atom. The number of nitrogens with zero attached hydrogens (tertiary/aromatic N) is 3. The second-order valence-corrected chi connectivity index (χ2v) is 3.33. The van der Waals surface area contributed by atoms with Crippen LogP contribution in [0.25, 0.3) is 0 Å². The van der Waals surface area contributed by atoms with Gasteiger partial charge in [0, 0.05) is 18.8 Å². The molecule has 1 aliphatic heterocycles. The standard InChI is InChI=1S/C10H14N4O/c11-13-12-9-1-3-10(4-2-9)14-5-7-15-8-6-14/h1-4H,5-8H2,(H2,11,12). The van der Waals surface area contributed by atoms with Crippen molar-refractivity contribution < 1.29 is 4.74 Å². The second-order valence-electron chi connectivity index (χ2n) is 3.33. The van der Waals surface area contributed by atoms with E-state index in [2.05, 4.69) is 15.2 Å². The lowest BCUT2D eigenvalue weighted by Gasteiger charge is -2.28. The Balaban J connectivity index is 2.08. The van der Waals surface area contributed by atoms with Crippen molar-refractivity contribution in [2.45, 2.75) is 0 Å². The van der Waals surface area contributed by atoms with Gasteiger partial charge in [-0.15, -0.1) is 5.11 Å². The summed E-state index contributed by atoms with van der Waals surface area (Å²) in [4.78, 5) is 2.28. The summed E-state index contributed by atoms with van der Waals surface area (Å²) in [5.41, 5.74) is 1.96. The van der Waals surface area contributed by atoms with E-state index in [9.17, 15) is 0 Å². The molecule has 5 heteroatoms. The minimum Gasteiger partial charge on any atom is -0.378 e. The maximum Gasteiger partial charge on any atom is 0.0875 e. The molecular weight excluding hydrogens is 192 g/mol. The van der Waals surface area contributed by atoms with Gasteiger partial charge in [-0.2, -0.15) is 0 Å². The van der Waals surface area contributed by atoms with Crippen molar-refractivity contribution in [2.24, 2.45) is 16.2 Å². The Labute approximate surface area is 88.5 Å². The van der Waals surface area contributed by atoms with Crippen molar-refractivity contribution in [2.75, 3.05) is 31.2 Å². The summed E-state index contributed by atoms with van der Waals surface area (Å²) < 4.78 is 5.29. The first-order chi connectivity index (χ1) is 7.40. The zero-order valence-corrected chi connectivity index (χ0v) is 8.47. The van der Waals surface area contributed by atoms with Gasteiger partial charge < -0.3 is 15.5 Å². The predicted molar refractivity (Wildman–Crippen MR) is 58.2 cm³/mol. The summed E-state index contributed by atoms with van der Waals surface area (Å²) in [7, 11) is 0. The molecule has 2 rings (SSSR count). The average Bonchev–Trinajstić information content (AvgIpc) is 2.32. The Kier molecular flexibility index (Phi) is 3.14. The van der Waals surface area contributed by atoms with E-state index < -0.39 is 0 Å². The molecule has 1 saturated heterocycles. The van der Waals surface area contributed by atoms with Gasteiger partial charge in [-0.1, -0.05) is 5.22 Å². The fourth-order valence-electron chi connectivity index (χ4n) is 1.62. The predicted octanol–water partition coefficient (Wildman–Crippen LogP) is 1.48. The second kappa shape index (κ2) is 4.75. The summed E-state index contributed by atoms with van der Waals surface area (Å²) in [6, 6.07) is 7.85. The van der Waals surface area contributed by atoms with Gasteiger partial charge in [0.1, 0.15) is 0 Å². The van der Waals surface area contributed by atoms with Gasteiger partial charge >= 0.3 is 0 Å². The zero-order valence-electron chi connectivity index (χ0n) is 8.47. The van der Waals surface area contributed by atoms with Gasteiger partial charge in [0.05, 0.1) is 18.9 Å². The molecule has 15 heavy (non-hydrogen) atoms. The highest BCUT2D eigenvalue weighted by atomic mass is 16.5. The summed E-state index contributed by atoms with van der Waals surface area (Å²) >= 11 is 0. The number of ether oxygens (including phenoxy) is 1. The lowest BCUT2D eigenvalue weighted by atomic mass is 10.2. The monoisotopic (exact) mass is 206 g/mol. The van der Waals surface area contributed by atoms with E-state index in [0.29, 0.717) is 0 Å². The van der Waals surface area contributed by atoms with Gasteiger partial charge in [0.15, 0.2) is 0 Å². The molecule has 2 N–H and O–H groups in total. The Hall–Kier alpha value is -1.62. The quantitative estimate of drug-likeness (QED) is 0.453. The number of benzene rings is 1. The van der Waals surface area contributed by atoms with E-state index >= 15 is 0 Å². The largest absolute Gasteiger partial charge is 0.378 e. The highest BCUT2D eigenvalue weighted by Gasteiger charge is 2.10. The molecule has 1 fully saturated rings. The molecule has 0 unspecified atom stereocenters. The third kappa shape index (κ3) is 2.44. The molecule has 0 atom stereocenters. The van der Waals surface area contributed by atoms with E-state index in [4.69, 9.17) is 10.6 Å². The van der Waals surface area contributed by atoms with E-state index in [1.54, 1.807) is 0 Å². The minimum absolute atomic E-state index is 0.773. The lowest BCUT2D eigenvalue weighted by Crippen LogP contribution is -2.36. The lowest BCUT2D eigenvalue weighted by molar-refractivity contribution is 0.122. The number of nitrogens with two attached hydrogens (primary N) is 1. The number of hydrogen-bond donors (Lipinski definition) is 1. The number of rotatable bonds is 2.